The van der Waals surface area contributed by atoms with Crippen molar-refractivity contribution in [1.82, 2.24) is 14.9 Å². The second-order valence-corrected chi connectivity index (χ2v) is 5.26. The van der Waals surface area contributed by atoms with Crippen LogP contribution in [0.3, 0.4) is 0 Å². The van der Waals surface area contributed by atoms with Crippen molar-refractivity contribution in [1.29, 1.82) is 0 Å². The number of aromatic carboxylic acids is 1. The summed E-state index contributed by atoms with van der Waals surface area (Å²) in [6.45, 7) is 1.19. The van der Waals surface area contributed by atoms with Gasteiger partial charge in [-0.25, -0.2) is 17.9 Å². The van der Waals surface area contributed by atoms with Crippen molar-refractivity contribution in [2.24, 2.45) is 0 Å². The maximum Gasteiger partial charge on any atom is 0.357 e. The molecule has 3 N–H and O–H groups in total. The lowest BCUT2D eigenvalue weighted by molar-refractivity contribution is -0.140. The van der Waals surface area contributed by atoms with Gasteiger partial charge in [0, 0.05) is 6.54 Å². The fourth-order valence-corrected chi connectivity index (χ4v) is 2.71. The average molecular weight is 291 g/mol. The number of carbonyl (C=O) groups is 2. The van der Waals surface area contributed by atoms with Gasteiger partial charge < -0.3 is 9.84 Å². The Morgan fingerprint density at radius 2 is 2.11 bits per heavy atom. The van der Waals surface area contributed by atoms with Gasteiger partial charge in [-0.15, -0.1) is 0 Å². The molecule has 1 aromatic rings. The van der Waals surface area contributed by atoms with Gasteiger partial charge in [0.05, 0.1) is 19.2 Å². The number of methoxy groups -OCH3 is 1. The molecule has 0 atom stereocenters. The first-order valence-electron chi connectivity index (χ1n) is 5.14. The van der Waals surface area contributed by atoms with E-state index in [4.69, 9.17) is 5.11 Å². The lowest BCUT2D eigenvalue weighted by atomic mass is 10.4. The molecule has 0 aliphatic rings. The highest BCUT2D eigenvalue weighted by atomic mass is 32.2. The van der Waals surface area contributed by atoms with E-state index in [-0.39, 0.29) is 18.7 Å². The topological polar surface area (TPSA) is 138 Å². The molecule has 0 bridgehead atoms. The number of nitrogens with zero attached hydrogens (tertiary/aromatic N) is 1. The molecule has 0 radical (unpaired) electrons. The van der Waals surface area contributed by atoms with Crippen molar-refractivity contribution in [2.75, 3.05) is 13.7 Å². The highest BCUT2D eigenvalue weighted by Crippen LogP contribution is 2.17. The average Bonchev–Trinajstić information content (AvgIpc) is 2.71. The molecule has 0 unspecified atom stereocenters. The molecule has 0 fully saturated rings. The van der Waals surface area contributed by atoms with Gasteiger partial charge in [-0.2, -0.15) is 5.10 Å². The summed E-state index contributed by atoms with van der Waals surface area (Å²) in [5, 5.41) is 14.5. The third-order valence-corrected chi connectivity index (χ3v) is 3.83. The standard InChI is InChI=1S/C9H13N3O6S/c1-5-8(7(9(14)15)12-11-5)19(16,17)10-4-3-6(13)18-2/h10H,3-4H2,1-2H3,(H,11,12)(H,14,15). The Kier molecular flexibility index (Phi) is 4.62. The molecular formula is C9H13N3O6S. The van der Waals surface area contributed by atoms with Crippen molar-refractivity contribution < 1.29 is 27.9 Å². The minimum atomic E-state index is -4.06. The molecule has 1 aromatic heterocycles. The van der Waals surface area contributed by atoms with Crippen LogP contribution in [0.2, 0.25) is 0 Å². The van der Waals surface area contributed by atoms with Crippen LogP contribution in [0.25, 0.3) is 0 Å². The van der Waals surface area contributed by atoms with Crippen LogP contribution in [0.1, 0.15) is 22.6 Å². The van der Waals surface area contributed by atoms with Gasteiger partial charge in [-0.1, -0.05) is 0 Å². The fourth-order valence-electron chi connectivity index (χ4n) is 1.35. The summed E-state index contributed by atoms with van der Waals surface area (Å²) in [4.78, 5) is 21.3. The number of esters is 1. The third kappa shape index (κ3) is 3.51. The number of carbonyl (C=O) groups excluding carboxylic acids is 1. The van der Waals surface area contributed by atoms with Crippen molar-refractivity contribution in [3.8, 4) is 0 Å². The van der Waals surface area contributed by atoms with Gasteiger partial charge in [-0.05, 0) is 6.92 Å². The number of nitrogens with one attached hydrogen (secondary N) is 2. The molecule has 0 saturated heterocycles. The molecule has 1 heterocycles. The van der Waals surface area contributed by atoms with Crippen LogP contribution in [0.4, 0.5) is 0 Å². The van der Waals surface area contributed by atoms with Gasteiger partial charge in [-0.3, -0.25) is 9.89 Å². The molecular weight excluding hydrogens is 278 g/mol. The molecule has 0 aromatic carbocycles. The summed E-state index contributed by atoms with van der Waals surface area (Å²) in [7, 11) is -2.88. The Morgan fingerprint density at radius 1 is 1.47 bits per heavy atom. The van der Waals surface area contributed by atoms with E-state index in [1.165, 1.54) is 14.0 Å². The minimum absolute atomic E-state index is 0.1000. The van der Waals surface area contributed by atoms with Crippen LogP contribution in [0, 0.1) is 6.92 Å². The number of hydrogen-bond acceptors (Lipinski definition) is 6. The Labute approximate surface area is 109 Å². The van der Waals surface area contributed by atoms with Gasteiger partial charge in [0.25, 0.3) is 0 Å². The number of sulfonamides is 1. The minimum Gasteiger partial charge on any atom is -0.476 e. The molecule has 10 heteroatoms. The Balaban J connectivity index is 2.92. The molecule has 0 spiro atoms. The maximum atomic E-state index is 11.9. The van der Waals surface area contributed by atoms with Gasteiger partial charge in [0.2, 0.25) is 10.0 Å². The summed E-state index contributed by atoms with van der Waals surface area (Å²) >= 11 is 0. The zero-order valence-electron chi connectivity index (χ0n) is 10.3. The zero-order chi connectivity index (χ0) is 14.6. The van der Waals surface area contributed by atoms with Crippen LogP contribution in [0.15, 0.2) is 4.90 Å². The molecule has 106 valence electrons. The van der Waals surface area contributed by atoms with E-state index >= 15 is 0 Å². The summed E-state index contributed by atoms with van der Waals surface area (Å²) in [5.74, 6) is -2.04. The predicted octanol–water partition coefficient (Wildman–Crippen LogP) is -0.742. The Bertz CT molecular complexity index is 591. The van der Waals surface area contributed by atoms with Crippen LogP contribution in [-0.2, 0) is 19.6 Å². The second kappa shape index (κ2) is 5.80. The lowest BCUT2D eigenvalue weighted by Gasteiger charge is -2.06. The number of carboxylic acids is 1. The first kappa shape index (κ1) is 15.1. The van der Waals surface area contributed by atoms with Crippen LogP contribution < -0.4 is 4.72 Å². The number of aromatic nitrogens is 2. The number of aryl methyl sites for hydroxylation is 1. The zero-order valence-corrected chi connectivity index (χ0v) is 11.1. The van der Waals surface area contributed by atoms with Gasteiger partial charge in [0.1, 0.15) is 4.90 Å². The highest BCUT2D eigenvalue weighted by molar-refractivity contribution is 7.89. The predicted molar refractivity (Wildman–Crippen MR) is 62.1 cm³/mol. The van der Waals surface area contributed by atoms with Gasteiger partial charge in [0.15, 0.2) is 5.69 Å². The quantitative estimate of drug-likeness (QED) is 0.586. The van der Waals surface area contributed by atoms with Crippen LogP contribution in [0.5, 0.6) is 0 Å². The summed E-state index contributed by atoms with van der Waals surface area (Å²) in [6.07, 6.45) is -0.158. The summed E-state index contributed by atoms with van der Waals surface area (Å²) < 4.78 is 30.3. The van der Waals surface area contributed by atoms with E-state index in [0.717, 1.165) is 0 Å². The fraction of sp³-hybridized carbons (Fsp3) is 0.444. The first-order valence-corrected chi connectivity index (χ1v) is 6.62. The number of carboxylic acid groups (broad SMARTS) is 1. The molecule has 0 saturated carbocycles. The number of hydrogen-bond donors (Lipinski definition) is 3. The van der Waals surface area contributed by atoms with Crippen molar-refractivity contribution in [3.63, 3.8) is 0 Å². The van der Waals surface area contributed by atoms with E-state index in [9.17, 15) is 18.0 Å². The SMILES string of the molecule is COC(=O)CCNS(=O)(=O)c1c(C(=O)O)n[nH]c1C. The normalized spacial score (nSPS) is 11.3. The third-order valence-electron chi connectivity index (χ3n) is 2.21. The molecule has 0 aliphatic carbocycles. The highest BCUT2D eigenvalue weighted by Gasteiger charge is 2.27. The van der Waals surface area contributed by atoms with Crippen molar-refractivity contribution >= 4 is 22.0 Å². The van der Waals surface area contributed by atoms with E-state index in [1.807, 2.05) is 0 Å². The van der Waals surface area contributed by atoms with E-state index < -0.39 is 32.6 Å². The largest absolute Gasteiger partial charge is 0.476 e. The van der Waals surface area contributed by atoms with Crippen molar-refractivity contribution in [3.05, 3.63) is 11.4 Å². The number of H-pyrrole nitrogens is 1. The van der Waals surface area contributed by atoms with Crippen LogP contribution in [-0.4, -0.2) is 49.3 Å². The number of ether oxygens (including phenoxy) is 1. The molecule has 19 heavy (non-hydrogen) atoms. The van der Waals surface area contributed by atoms with E-state index in [2.05, 4.69) is 19.7 Å². The van der Waals surface area contributed by atoms with E-state index in [1.54, 1.807) is 0 Å². The maximum absolute atomic E-state index is 11.9. The first-order chi connectivity index (χ1) is 8.79. The Morgan fingerprint density at radius 3 is 2.63 bits per heavy atom. The van der Waals surface area contributed by atoms with Crippen molar-refractivity contribution in [2.45, 2.75) is 18.2 Å². The second-order valence-electron chi connectivity index (χ2n) is 3.56. The molecule has 1 rings (SSSR count). The lowest BCUT2D eigenvalue weighted by Crippen LogP contribution is -2.28. The molecule has 0 amide bonds. The summed E-state index contributed by atoms with van der Waals surface area (Å²) in [5.41, 5.74) is -0.494. The smallest absolute Gasteiger partial charge is 0.357 e. The Hall–Kier alpha value is -1.94. The molecule has 0 aliphatic heterocycles. The van der Waals surface area contributed by atoms with Gasteiger partial charge >= 0.3 is 11.9 Å². The number of aromatic amines is 1. The molecule has 9 nitrogen and oxygen atoms in total. The number of rotatable bonds is 6. The monoisotopic (exact) mass is 291 g/mol. The van der Waals surface area contributed by atoms with E-state index in [0.29, 0.717) is 0 Å². The van der Waals surface area contributed by atoms with Crippen LogP contribution >= 0.6 is 0 Å². The summed E-state index contributed by atoms with van der Waals surface area (Å²) in [6, 6.07) is 0.